The van der Waals surface area contributed by atoms with Crippen molar-refractivity contribution in [2.45, 2.75) is 32.1 Å². The van der Waals surface area contributed by atoms with E-state index in [1.54, 1.807) is 13.3 Å². The number of piperidine rings is 2. The van der Waals surface area contributed by atoms with E-state index in [4.69, 9.17) is 4.74 Å². The largest absolute Gasteiger partial charge is 0.385 e. The molecule has 0 unspecified atom stereocenters. The fraction of sp³-hybridized carbons (Fsp3) is 0.667. The van der Waals surface area contributed by atoms with E-state index in [1.807, 2.05) is 21.9 Å². The Kier molecular flexibility index (Phi) is 5.23. The first-order chi connectivity index (χ1) is 11.6. The molecule has 132 valence electrons. The number of amides is 2. The van der Waals surface area contributed by atoms with Crippen LogP contribution >= 0.6 is 0 Å². The van der Waals surface area contributed by atoms with E-state index in [0.29, 0.717) is 18.7 Å². The Morgan fingerprint density at radius 2 is 2.25 bits per heavy atom. The molecule has 2 saturated heterocycles. The molecular weight excluding hydrogens is 306 g/mol. The van der Waals surface area contributed by atoms with Gasteiger partial charge >= 0.3 is 0 Å². The van der Waals surface area contributed by atoms with Gasteiger partial charge in [-0.1, -0.05) is 0 Å². The Labute approximate surface area is 143 Å². The fourth-order valence-corrected chi connectivity index (χ4v) is 4.05. The number of aromatic nitrogens is 1. The average Bonchev–Trinajstić information content (AvgIpc) is 3.12. The smallest absolute Gasteiger partial charge is 0.270 e. The lowest BCUT2D eigenvalue weighted by molar-refractivity contribution is -0.139. The second-order valence-corrected chi connectivity index (χ2v) is 7.08. The quantitative estimate of drug-likeness (QED) is 0.837. The minimum absolute atomic E-state index is 0.0570. The number of nitrogens with zero attached hydrogens (tertiary/aromatic N) is 2. The normalized spacial score (nSPS) is 24.6. The minimum Gasteiger partial charge on any atom is -0.385 e. The lowest BCUT2D eigenvalue weighted by Crippen LogP contribution is -2.55. The molecule has 0 bridgehead atoms. The number of likely N-dealkylation sites (tertiary alicyclic amines) is 2. The third-order valence-corrected chi connectivity index (χ3v) is 5.30. The van der Waals surface area contributed by atoms with Gasteiger partial charge in [0.15, 0.2) is 0 Å². The highest BCUT2D eigenvalue weighted by Gasteiger charge is 2.42. The summed E-state index contributed by atoms with van der Waals surface area (Å²) >= 11 is 0. The number of carbonyl (C=O) groups is 2. The van der Waals surface area contributed by atoms with Gasteiger partial charge in [0.05, 0.1) is 0 Å². The number of aromatic amines is 1. The van der Waals surface area contributed by atoms with Gasteiger partial charge in [-0.05, 0) is 37.8 Å². The van der Waals surface area contributed by atoms with Crippen LogP contribution in [-0.2, 0) is 9.53 Å². The highest BCUT2D eigenvalue weighted by Crippen LogP contribution is 2.39. The lowest BCUT2D eigenvalue weighted by Gasteiger charge is -2.48. The van der Waals surface area contributed by atoms with Crippen molar-refractivity contribution in [3.63, 3.8) is 0 Å². The number of carbonyl (C=O) groups excluding carboxylic acids is 2. The molecule has 0 aromatic carbocycles. The van der Waals surface area contributed by atoms with Crippen molar-refractivity contribution < 1.29 is 14.3 Å². The van der Waals surface area contributed by atoms with Crippen LogP contribution in [0.25, 0.3) is 0 Å². The summed E-state index contributed by atoms with van der Waals surface area (Å²) in [4.78, 5) is 31.8. The highest BCUT2D eigenvalue weighted by atomic mass is 16.5. The van der Waals surface area contributed by atoms with Gasteiger partial charge in [-0.3, -0.25) is 9.59 Å². The molecule has 1 aromatic rings. The van der Waals surface area contributed by atoms with Crippen molar-refractivity contribution in [2.24, 2.45) is 5.41 Å². The predicted octanol–water partition coefficient (Wildman–Crippen LogP) is 1.90. The Morgan fingerprint density at radius 3 is 3.00 bits per heavy atom. The van der Waals surface area contributed by atoms with Gasteiger partial charge in [0, 0.05) is 57.9 Å². The first-order valence-corrected chi connectivity index (χ1v) is 8.83. The molecule has 1 aromatic heterocycles. The zero-order valence-corrected chi connectivity index (χ0v) is 14.4. The number of hydrogen-bond acceptors (Lipinski definition) is 3. The van der Waals surface area contributed by atoms with Crippen molar-refractivity contribution in [3.05, 3.63) is 24.0 Å². The Hall–Kier alpha value is -1.82. The molecule has 2 amide bonds. The summed E-state index contributed by atoms with van der Waals surface area (Å²) in [5.41, 5.74) is 0.706. The molecule has 0 radical (unpaired) electrons. The zero-order chi connectivity index (χ0) is 17.0. The molecule has 2 aliphatic rings. The number of hydrogen-bond donors (Lipinski definition) is 1. The molecule has 2 aliphatic heterocycles. The van der Waals surface area contributed by atoms with Crippen LogP contribution in [0.3, 0.4) is 0 Å². The van der Waals surface area contributed by atoms with Crippen molar-refractivity contribution in [2.75, 3.05) is 39.9 Å². The molecule has 0 aliphatic carbocycles. The lowest BCUT2D eigenvalue weighted by atomic mass is 9.73. The van der Waals surface area contributed by atoms with E-state index >= 15 is 0 Å². The molecule has 1 spiro atoms. The van der Waals surface area contributed by atoms with E-state index in [1.165, 1.54) is 0 Å². The average molecular weight is 333 g/mol. The van der Waals surface area contributed by atoms with Gasteiger partial charge in [0.2, 0.25) is 5.91 Å². The first kappa shape index (κ1) is 17.0. The van der Waals surface area contributed by atoms with E-state index < -0.39 is 0 Å². The summed E-state index contributed by atoms with van der Waals surface area (Å²) in [6.45, 7) is 3.74. The van der Waals surface area contributed by atoms with Crippen molar-refractivity contribution in [1.29, 1.82) is 0 Å². The molecule has 0 saturated carbocycles. The minimum atomic E-state index is 0.0570. The Balaban J connectivity index is 1.65. The third kappa shape index (κ3) is 3.64. The summed E-state index contributed by atoms with van der Waals surface area (Å²) in [5.74, 6) is 0.312. The Bertz CT molecular complexity index is 572. The van der Waals surface area contributed by atoms with Crippen molar-refractivity contribution in [1.82, 2.24) is 14.8 Å². The molecule has 6 nitrogen and oxygen atoms in total. The summed E-state index contributed by atoms with van der Waals surface area (Å²) < 4.78 is 5.10. The predicted molar refractivity (Wildman–Crippen MR) is 90.7 cm³/mol. The van der Waals surface area contributed by atoms with Crippen LogP contribution in [0.2, 0.25) is 0 Å². The second-order valence-electron chi connectivity index (χ2n) is 7.08. The zero-order valence-electron chi connectivity index (χ0n) is 14.4. The number of methoxy groups -OCH3 is 1. The molecule has 3 rings (SSSR count). The van der Waals surface area contributed by atoms with E-state index in [0.717, 1.165) is 51.9 Å². The molecule has 24 heavy (non-hydrogen) atoms. The number of ether oxygens (including phenoxy) is 1. The van der Waals surface area contributed by atoms with Crippen LogP contribution in [0.5, 0.6) is 0 Å². The maximum Gasteiger partial charge on any atom is 0.270 e. The first-order valence-electron chi connectivity index (χ1n) is 8.83. The van der Waals surface area contributed by atoms with E-state index in [-0.39, 0.29) is 17.2 Å². The van der Waals surface area contributed by atoms with Crippen LogP contribution in [-0.4, -0.2) is 66.5 Å². The standard InChI is InChI=1S/C18H27N3O3/c1-24-12-4-11-20-13-18(8-6-16(20)22)7-3-10-21(14-18)17(23)15-5-2-9-19-15/h2,5,9,19H,3-4,6-8,10-14H2,1H3/t18-/m1/s1. The summed E-state index contributed by atoms with van der Waals surface area (Å²) in [6, 6.07) is 3.68. The number of rotatable bonds is 5. The summed E-state index contributed by atoms with van der Waals surface area (Å²) in [7, 11) is 1.69. The summed E-state index contributed by atoms with van der Waals surface area (Å²) in [5, 5.41) is 0. The SMILES string of the molecule is COCCCN1C[C@@]2(CCCN(C(=O)c3ccc[nH]3)C2)CCC1=O. The van der Waals surface area contributed by atoms with Crippen LogP contribution in [0.1, 0.15) is 42.6 Å². The van der Waals surface area contributed by atoms with Crippen LogP contribution in [0, 0.1) is 5.41 Å². The third-order valence-electron chi connectivity index (χ3n) is 5.30. The van der Waals surface area contributed by atoms with Gasteiger partial charge < -0.3 is 19.5 Å². The van der Waals surface area contributed by atoms with E-state index in [2.05, 4.69) is 4.98 Å². The van der Waals surface area contributed by atoms with Crippen LogP contribution in [0.15, 0.2) is 18.3 Å². The number of nitrogens with one attached hydrogen (secondary N) is 1. The highest BCUT2D eigenvalue weighted by molar-refractivity contribution is 5.92. The van der Waals surface area contributed by atoms with Gasteiger partial charge in [-0.2, -0.15) is 0 Å². The van der Waals surface area contributed by atoms with Gasteiger partial charge in [-0.25, -0.2) is 0 Å². The van der Waals surface area contributed by atoms with Crippen LogP contribution in [0.4, 0.5) is 0 Å². The van der Waals surface area contributed by atoms with Gasteiger partial charge in [0.1, 0.15) is 5.69 Å². The summed E-state index contributed by atoms with van der Waals surface area (Å²) in [6.07, 6.45) is 6.23. The maximum atomic E-state index is 12.6. The molecule has 1 atom stereocenters. The van der Waals surface area contributed by atoms with Crippen LogP contribution < -0.4 is 0 Å². The monoisotopic (exact) mass is 333 g/mol. The Morgan fingerprint density at radius 1 is 1.38 bits per heavy atom. The molecular formula is C18H27N3O3. The van der Waals surface area contributed by atoms with Gasteiger partial charge in [0.25, 0.3) is 5.91 Å². The van der Waals surface area contributed by atoms with Crippen molar-refractivity contribution >= 4 is 11.8 Å². The second kappa shape index (κ2) is 7.38. The van der Waals surface area contributed by atoms with Crippen molar-refractivity contribution in [3.8, 4) is 0 Å². The molecule has 2 fully saturated rings. The molecule has 1 N–H and O–H groups in total. The van der Waals surface area contributed by atoms with Gasteiger partial charge in [-0.15, -0.1) is 0 Å². The topological polar surface area (TPSA) is 65.6 Å². The van der Waals surface area contributed by atoms with E-state index in [9.17, 15) is 9.59 Å². The number of H-pyrrole nitrogens is 1. The fourth-order valence-electron chi connectivity index (χ4n) is 4.05. The molecule has 3 heterocycles. The molecule has 6 heteroatoms. The maximum absolute atomic E-state index is 12.6.